The predicted octanol–water partition coefficient (Wildman–Crippen LogP) is 4.04. The van der Waals surface area contributed by atoms with Gasteiger partial charge in [-0.05, 0) is 30.7 Å². The number of nitrogens with two attached hydrogens (primary N) is 1. The first kappa shape index (κ1) is 11.0. The van der Waals surface area contributed by atoms with Crippen LogP contribution < -0.4 is 5.73 Å². The number of halogens is 2. The molecule has 0 aromatic heterocycles. The highest BCUT2D eigenvalue weighted by Crippen LogP contribution is 2.31. The largest absolute Gasteiger partial charge is 0.398 e. The molecule has 0 heterocycles. The van der Waals surface area contributed by atoms with Crippen molar-refractivity contribution in [2.45, 2.75) is 6.92 Å². The molecular weight excluding hydrogens is 225 g/mol. The summed E-state index contributed by atoms with van der Waals surface area (Å²) < 4.78 is 13.8. The number of para-hydroxylation sites is 1. The van der Waals surface area contributed by atoms with Gasteiger partial charge < -0.3 is 5.73 Å². The molecule has 0 unspecified atom stereocenters. The van der Waals surface area contributed by atoms with Crippen LogP contribution in [0.2, 0.25) is 5.02 Å². The number of rotatable bonds is 1. The summed E-state index contributed by atoms with van der Waals surface area (Å²) in [5, 5.41) is 0.427. The Hall–Kier alpha value is -1.54. The molecule has 0 spiro atoms. The highest BCUT2D eigenvalue weighted by atomic mass is 35.5. The van der Waals surface area contributed by atoms with Crippen LogP contribution in [0.4, 0.5) is 10.1 Å². The normalized spacial score (nSPS) is 10.4. The minimum absolute atomic E-state index is 0.353. The molecular formula is C13H11ClFN. The third-order valence-corrected chi connectivity index (χ3v) is 2.91. The molecule has 82 valence electrons. The topological polar surface area (TPSA) is 26.0 Å². The van der Waals surface area contributed by atoms with E-state index in [2.05, 4.69) is 0 Å². The van der Waals surface area contributed by atoms with Crippen LogP contribution in [0.25, 0.3) is 11.1 Å². The maximum Gasteiger partial charge on any atom is 0.132 e. The Kier molecular flexibility index (Phi) is 2.84. The summed E-state index contributed by atoms with van der Waals surface area (Å²) >= 11 is 5.84. The zero-order chi connectivity index (χ0) is 11.7. The van der Waals surface area contributed by atoms with Crippen LogP contribution in [0, 0.1) is 12.7 Å². The van der Waals surface area contributed by atoms with Crippen molar-refractivity contribution in [1.29, 1.82) is 0 Å². The van der Waals surface area contributed by atoms with Crippen molar-refractivity contribution >= 4 is 17.3 Å². The molecule has 3 heteroatoms. The number of benzene rings is 2. The van der Waals surface area contributed by atoms with Gasteiger partial charge in [-0.25, -0.2) is 4.39 Å². The second kappa shape index (κ2) is 4.14. The molecule has 0 aliphatic rings. The maximum absolute atomic E-state index is 13.8. The van der Waals surface area contributed by atoms with Gasteiger partial charge in [-0.1, -0.05) is 29.8 Å². The minimum atomic E-state index is -0.353. The summed E-state index contributed by atoms with van der Waals surface area (Å²) in [5.74, 6) is -0.353. The van der Waals surface area contributed by atoms with Gasteiger partial charge in [0.2, 0.25) is 0 Å². The molecule has 2 N–H and O–H groups in total. The van der Waals surface area contributed by atoms with Gasteiger partial charge in [0.15, 0.2) is 0 Å². The average Bonchev–Trinajstić information content (AvgIpc) is 2.25. The van der Waals surface area contributed by atoms with Crippen molar-refractivity contribution in [3.63, 3.8) is 0 Å². The summed E-state index contributed by atoms with van der Waals surface area (Å²) in [4.78, 5) is 0. The second-order valence-electron chi connectivity index (χ2n) is 3.67. The molecule has 0 aliphatic carbocycles. The molecule has 16 heavy (non-hydrogen) atoms. The van der Waals surface area contributed by atoms with Crippen molar-refractivity contribution in [1.82, 2.24) is 0 Å². The third-order valence-electron chi connectivity index (χ3n) is 2.50. The van der Waals surface area contributed by atoms with Gasteiger partial charge in [0, 0.05) is 21.8 Å². The summed E-state index contributed by atoms with van der Waals surface area (Å²) in [6.07, 6.45) is 0. The Morgan fingerprint density at radius 2 is 1.81 bits per heavy atom. The Labute approximate surface area is 98.7 Å². The van der Waals surface area contributed by atoms with E-state index in [1.807, 2.05) is 19.1 Å². The Morgan fingerprint density at radius 3 is 2.50 bits per heavy atom. The van der Waals surface area contributed by atoms with E-state index in [-0.39, 0.29) is 5.82 Å². The van der Waals surface area contributed by atoms with Gasteiger partial charge in [-0.2, -0.15) is 0 Å². The summed E-state index contributed by atoms with van der Waals surface area (Å²) in [6.45, 7) is 1.84. The quantitative estimate of drug-likeness (QED) is 0.742. The van der Waals surface area contributed by atoms with Gasteiger partial charge >= 0.3 is 0 Å². The van der Waals surface area contributed by atoms with Crippen LogP contribution in [0.5, 0.6) is 0 Å². The number of nitrogen functional groups attached to an aromatic ring is 1. The fraction of sp³-hybridized carbons (Fsp3) is 0.0769. The van der Waals surface area contributed by atoms with E-state index in [0.29, 0.717) is 21.8 Å². The lowest BCUT2D eigenvalue weighted by molar-refractivity contribution is 0.631. The average molecular weight is 236 g/mol. The lowest BCUT2D eigenvalue weighted by atomic mass is 10.0. The summed E-state index contributed by atoms with van der Waals surface area (Å²) in [7, 11) is 0. The van der Waals surface area contributed by atoms with Crippen molar-refractivity contribution < 1.29 is 4.39 Å². The fourth-order valence-corrected chi connectivity index (χ4v) is 1.76. The van der Waals surface area contributed by atoms with E-state index in [1.54, 1.807) is 18.2 Å². The SMILES string of the molecule is Cc1cc(-c2ccccc2N)c(F)cc1Cl. The molecule has 0 bridgehead atoms. The van der Waals surface area contributed by atoms with Crippen molar-refractivity contribution in [3.05, 3.63) is 52.8 Å². The fourth-order valence-electron chi connectivity index (χ4n) is 1.61. The predicted molar refractivity (Wildman–Crippen MR) is 66.0 cm³/mol. The Morgan fingerprint density at radius 1 is 1.12 bits per heavy atom. The number of aryl methyl sites for hydroxylation is 1. The maximum atomic E-state index is 13.8. The number of hydrogen-bond donors (Lipinski definition) is 1. The van der Waals surface area contributed by atoms with Gasteiger partial charge in [0.1, 0.15) is 5.82 Å². The molecule has 0 aliphatic heterocycles. The molecule has 1 nitrogen and oxygen atoms in total. The van der Waals surface area contributed by atoms with Gasteiger partial charge in [-0.15, -0.1) is 0 Å². The first-order valence-corrected chi connectivity index (χ1v) is 5.28. The van der Waals surface area contributed by atoms with Gasteiger partial charge in [0.05, 0.1) is 0 Å². The third kappa shape index (κ3) is 1.89. The van der Waals surface area contributed by atoms with E-state index in [0.717, 1.165) is 5.56 Å². The molecule has 0 saturated carbocycles. The van der Waals surface area contributed by atoms with Crippen LogP contribution in [-0.4, -0.2) is 0 Å². The lowest BCUT2D eigenvalue weighted by Gasteiger charge is -2.08. The lowest BCUT2D eigenvalue weighted by Crippen LogP contribution is -1.93. The molecule has 0 saturated heterocycles. The zero-order valence-corrected chi connectivity index (χ0v) is 9.55. The molecule has 2 rings (SSSR count). The number of anilines is 1. The molecule has 0 atom stereocenters. The van der Waals surface area contributed by atoms with E-state index in [9.17, 15) is 4.39 Å². The van der Waals surface area contributed by atoms with Crippen molar-refractivity contribution in [3.8, 4) is 11.1 Å². The van der Waals surface area contributed by atoms with Crippen molar-refractivity contribution in [2.24, 2.45) is 0 Å². The first-order chi connectivity index (χ1) is 7.59. The van der Waals surface area contributed by atoms with Gasteiger partial charge in [-0.3, -0.25) is 0 Å². The van der Waals surface area contributed by atoms with Crippen LogP contribution in [0.15, 0.2) is 36.4 Å². The summed E-state index contributed by atoms with van der Waals surface area (Å²) in [6, 6.07) is 10.2. The second-order valence-corrected chi connectivity index (χ2v) is 4.08. The van der Waals surface area contributed by atoms with E-state index >= 15 is 0 Å². The van der Waals surface area contributed by atoms with E-state index in [1.165, 1.54) is 6.07 Å². The standard InChI is InChI=1S/C13H11ClFN/c1-8-6-10(12(15)7-11(8)14)9-4-2-3-5-13(9)16/h2-7H,16H2,1H3. The number of hydrogen-bond acceptors (Lipinski definition) is 1. The molecule has 0 radical (unpaired) electrons. The molecule has 2 aromatic rings. The monoisotopic (exact) mass is 235 g/mol. The molecule has 2 aromatic carbocycles. The van der Waals surface area contributed by atoms with Crippen LogP contribution in [0.3, 0.4) is 0 Å². The first-order valence-electron chi connectivity index (χ1n) is 4.90. The summed E-state index contributed by atoms with van der Waals surface area (Å²) in [5.41, 5.74) is 8.38. The highest BCUT2D eigenvalue weighted by molar-refractivity contribution is 6.31. The Bertz CT molecular complexity index is 537. The molecule has 0 amide bonds. The van der Waals surface area contributed by atoms with Gasteiger partial charge in [0.25, 0.3) is 0 Å². The molecule has 0 fully saturated rings. The smallest absolute Gasteiger partial charge is 0.132 e. The zero-order valence-electron chi connectivity index (χ0n) is 8.80. The van der Waals surface area contributed by atoms with E-state index < -0.39 is 0 Å². The van der Waals surface area contributed by atoms with Crippen LogP contribution >= 0.6 is 11.6 Å². The Balaban J connectivity index is 2.65. The van der Waals surface area contributed by atoms with Crippen LogP contribution in [-0.2, 0) is 0 Å². The minimum Gasteiger partial charge on any atom is -0.398 e. The highest BCUT2D eigenvalue weighted by Gasteiger charge is 2.10. The van der Waals surface area contributed by atoms with E-state index in [4.69, 9.17) is 17.3 Å². The van der Waals surface area contributed by atoms with Crippen LogP contribution in [0.1, 0.15) is 5.56 Å². The van der Waals surface area contributed by atoms with Crippen molar-refractivity contribution in [2.75, 3.05) is 5.73 Å².